The highest BCUT2D eigenvalue weighted by Crippen LogP contribution is 2.40. The summed E-state index contributed by atoms with van der Waals surface area (Å²) in [6, 6.07) is 21.9. The summed E-state index contributed by atoms with van der Waals surface area (Å²) in [6.45, 7) is 0.833. The van der Waals surface area contributed by atoms with Gasteiger partial charge in [-0.1, -0.05) is 54.1 Å². The number of para-hydroxylation sites is 2. The highest BCUT2D eigenvalue weighted by Gasteiger charge is 2.33. The number of aromatic amines is 1. The van der Waals surface area contributed by atoms with E-state index in [1.165, 1.54) is 11.6 Å². The van der Waals surface area contributed by atoms with Gasteiger partial charge in [0.2, 0.25) is 5.91 Å². The molecule has 166 valence electrons. The molecule has 33 heavy (non-hydrogen) atoms. The molecule has 4 aromatic rings. The molecular formula is C25H21ClN4O3. The van der Waals surface area contributed by atoms with Gasteiger partial charge >= 0.3 is 0 Å². The second-order valence-electron chi connectivity index (χ2n) is 8.07. The van der Waals surface area contributed by atoms with Crippen LogP contribution in [0.5, 0.6) is 0 Å². The van der Waals surface area contributed by atoms with Crippen molar-refractivity contribution >= 4 is 39.8 Å². The zero-order chi connectivity index (χ0) is 22.9. The lowest BCUT2D eigenvalue weighted by Crippen LogP contribution is -2.41. The number of amides is 1. The molecule has 8 heteroatoms. The van der Waals surface area contributed by atoms with E-state index in [9.17, 15) is 14.9 Å². The fourth-order valence-corrected chi connectivity index (χ4v) is 4.84. The molecule has 1 aliphatic heterocycles. The quantitative estimate of drug-likeness (QED) is 0.311. The van der Waals surface area contributed by atoms with Crippen LogP contribution in [0.2, 0.25) is 5.02 Å². The first-order valence-electron chi connectivity index (χ1n) is 10.6. The van der Waals surface area contributed by atoms with Crippen molar-refractivity contribution in [1.29, 1.82) is 0 Å². The molecule has 1 unspecified atom stereocenters. The van der Waals surface area contributed by atoms with E-state index >= 15 is 0 Å². The van der Waals surface area contributed by atoms with Crippen molar-refractivity contribution < 1.29 is 9.72 Å². The molecule has 7 nitrogen and oxygen atoms in total. The molecular weight excluding hydrogens is 440 g/mol. The van der Waals surface area contributed by atoms with Crippen LogP contribution in [0.4, 0.5) is 11.4 Å². The second kappa shape index (κ2) is 8.69. The molecule has 1 atom stereocenters. The van der Waals surface area contributed by atoms with E-state index in [-0.39, 0.29) is 29.2 Å². The number of hydrogen-bond acceptors (Lipinski definition) is 4. The zero-order valence-electron chi connectivity index (χ0n) is 17.6. The van der Waals surface area contributed by atoms with Crippen molar-refractivity contribution in [2.75, 3.05) is 18.4 Å². The van der Waals surface area contributed by atoms with Gasteiger partial charge in [-0.25, -0.2) is 0 Å². The van der Waals surface area contributed by atoms with Crippen LogP contribution >= 0.6 is 11.6 Å². The van der Waals surface area contributed by atoms with Crippen LogP contribution in [0.15, 0.2) is 72.8 Å². The molecule has 5 rings (SSSR count). The van der Waals surface area contributed by atoms with E-state index in [4.69, 9.17) is 11.6 Å². The smallest absolute Gasteiger partial charge is 0.287 e. The lowest BCUT2D eigenvalue weighted by Gasteiger charge is -2.35. The Kier molecular flexibility index (Phi) is 5.58. The highest BCUT2D eigenvalue weighted by atomic mass is 35.5. The summed E-state index contributed by atoms with van der Waals surface area (Å²) in [5.74, 6) is -0.126. The van der Waals surface area contributed by atoms with Gasteiger partial charge in [-0.15, -0.1) is 0 Å². The topological polar surface area (TPSA) is 91.3 Å². The molecule has 0 fully saturated rings. The van der Waals surface area contributed by atoms with Crippen molar-refractivity contribution in [2.24, 2.45) is 0 Å². The number of aromatic nitrogens is 1. The fourth-order valence-electron chi connectivity index (χ4n) is 4.59. The van der Waals surface area contributed by atoms with Gasteiger partial charge in [-0.2, -0.15) is 0 Å². The number of carbonyl (C=O) groups is 1. The molecule has 1 aliphatic rings. The first-order chi connectivity index (χ1) is 16.0. The largest absolute Gasteiger partial charge is 0.357 e. The van der Waals surface area contributed by atoms with Gasteiger partial charge in [-0.05, 0) is 41.8 Å². The minimum Gasteiger partial charge on any atom is -0.357 e. The van der Waals surface area contributed by atoms with Gasteiger partial charge in [0, 0.05) is 34.9 Å². The van der Waals surface area contributed by atoms with E-state index in [0.29, 0.717) is 6.54 Å². The number of H-pyrrole nitrogens is 1. The standard InChI is InChI=1S/C25H21ClN4O3/c26-20-14-16(10-11-22(20)30(32)33)25-24-19(18-8-4-5-9-21(18)28-24)12-13-29(25)15-23(31)27-17-6-2-1-3-7-17/h1-11,14,25,28H,12-13,15H2,(H,27,31). The predicted octanol–water partition coefficient (Wildman–Crippen LogP) is 5.32. The third-order valence-electron chi connectivity index (χ3n) is 6.02. The monoisotopic (exact) mass is 460 g/mol. The summed E-state index contributed by atoms with van der Waals surface area (Å²) < 4.78 is 0. The van der Waals surface area contributed by atoms with E-state index in [1.807, 2.05) is 48.5 Å². The van der Waals surface area contributed by atoms with E-state index in [0.717, 1.165) is 34.3 Å². The fraction of sp³-hybridized carbons (Fsp3) is 0.160. The summed E-state index contributed by atoms with van der Waals surface area (Å²) in [6.07, 6.45) is 0.787. The average Bonchev–Trinajstić information content (AvgIpc) is 3.18. The zero-order valence-corrected chi connectivity index (χ0v) is 18.4. The van der Waals surface area contributed by atoms with Crippen LogP contribution in [0.3, 0.4) is 0 Å². The van der Waals surface area contributed by atoms with Crippen LogP contribution in [0, 0.1) is 10.1 Å². The number of fused-ring (bicyclic) bond motifs is 3. The van der Waals surface area contributed by atoms with Gasteiger partial charge in [-0.3, -0.25) is 19.8 Å². The number of rotatable bonds is 5. The second-order valence-corrected chi connectivity index (χ2v) is 8.48. The average molecular weight is 461 g/mol. The number of hydrogen-bond donors (Lipinski definition) is 2. The third kappa shape index (κ3) is 4.08. The van der Waals surface area contributed by atoms with Crippen molar-refractivity contribution in [2.45, 2.75) is 12.5 Å². The number of benzene rings is 3. The summed E-state index contributed by atoms with van der Waals surface area (Å²) in [4.78, 5) is 29.2. The van der Waals surface area contributed by atoms with Crippen molar-refractivity contribution in [3.8, 4) is 0 Å². The van der Waals surface area contributed by atoms with Gasteiger partial charge in [0.25, 0.3) is 5.69 Å². The molecule has 0 aliphatic carbocycles. The van der Waals surface area contributed by atoms with Crippen LogP contribution in [-0.2, 0) is 11.2 Å². The summed E-state index contributed by atoms with van der Waals surface area (Å²) in [5, 5.41) is 15.4. The molecule has 2 heterocycles. The number of carbonyl (C=O) groups excluding carboxylic acids is 1. The van der Waals surface area contributed by atoms with Gasteiger partial charge in [0.15, 0.2) is 0 Å². The molecule has 0 bridgehead atoms. The summed E-state index contributed by atoms with van der Waals surface area (Å²) in [7, 11) is 0. The van der Waals surface area contributed by atoms with Gasteiger partial charge < -0.3 is 10.3 Å². The highest BCUT2D eigenvalue weighted by molar-refractivity contribution is 6.32. The Bertz CT molecular complexity index is 1350. The lowest BCUT2D eigenvalue weighted by molar-refractivity contribution is -0.384. The summed E-state index contributed by atoms with van der Waals surface area (Å²) >= 11 is 6.26. The van der Waals surface area contributed by atoms with Crippen molar-refractivity contribution in [3.63, 3.8) is 0 Å². The number of nitrogens with zero attached hydrogens (tertiary/aromatic N) is 2. The Morgan fingerprint density at radius 2 is 1.88 bits per heavy atom. The maximum Gasteiger partial charge on any atom is 0.287 e. The maximum atomic E-state index is 12.9. The molecule has 1 aromatic heterocycles. The maximum absolute atomic E-state index is 12.9. The number of halogens is 1. The molecule has 2 N–H and O–H groups in total. The molecule has 3 aromatic carbocycles. The minimum absolute atomic E-state index is 0.0782. The van der Waals surface area contributed by atoms with E-state index < -0.39 is 4.92 Å². The Hall–Kier alpha value is -3.68. The van der Waals surface area contributed by atoms with Crippen LogP contribution in [-0.4, -0.2) is 33.8 Å². The molecule has 0 saturated heterocycles. The van der Waals surface area contributed by atoms with Crippen molar-refractivity contribution in [3.05, 3.63) is 105 Å². The minimum atomic E-state index is -0.494. The number of nitro groups is 1. The SMILES string of the molecule is O=C(CN1CCc2c([nH]c3ccccc23)C1c1ccc([N+](=O)[O-])c(Cl)c1)Nc1ccccc1. The number of nitrogens with one attached hydrogen (secondary N) is 2. The number of anilines is 1. The van der Waals surface area contributed by atoms with E-state index in [1.54, 1.807) is 12.1 Å². The molecule has 0 spiro atoms. The Morgan fingerprint density at radius 1 is 1.12 bits per heavy atom. The predicted molar refractivity (Wildman–Crippen MR) is 129 cm³/mol. The van der Waals surface area contributed by atoms with Crippen LogP contribution < -0.4 is 5.32 Å². The molecule has 0 saturated carbocycles. The Labute approximate surface area is 195 Å². The molecule has 0 radical (unpaired) electrons. The Balaban J connectivity index is 1.53. The van der Waals surface area contributed by atoms with E-state index in [2.05, 4.69) is 21.3 Å². The Morgan fingerprint density at radius 3 is 2.64 bits per heavy atom. The lowest BCUT2D eigenvalue weighted by atomic mass is 9.92. The summed E-state index contributed by atoms with van der Waals surface area (Å²) in [5.41, 5.74) is 4.61. The first kappa shape index (κ1) is 21.2. The first-order valence-corrected chi connectivity index (χ1v) is 11.0. The van der Waals surface area contributed by atoms with Gasteiger partial charge in [0.1, 0.15) is 5.02 Å². The van der Waals surface area contributed by atoms with Crippen LogP contribution in [0.1, 0.15) is 22.9 Å². The number of nitro benzene ring substituents is 1. The molecule has 1 amide bonds. The normalized spacial score (nSPS) is 15.8. The third-order valence-corrected chi connectivity index (χ3v) is 6.33. The van der Waals surface area contributed by atoms with Crippen molar-refractivity contribution in [1.82, 2.24) is 9.88 Å². The van der Waals surface area contributed by atoms with Crippen LogP contribution in [0.25, 0.3) is 10.9 Å². The van der Waals surface area contributed by atoms with Gasteiger partial charge in [0.05, 0.1) is 17.5 Å².